The maximum absolute atomic E-state index is 12.1. The van der Waals surface area contributed by atoms with Crippen LogP contribution in [0.1, 0.15) is 37.0 Å². The van der Waals surface area contributed by atoms with E-state index in [0.29, 0.717) is 18.0 Å². The first-order chi connectivity index (χ1) is 10.5. The molecule has 0 aliphatic carbocycles. The second-order valence-electron chi connectivity index (χ2n) is 5.34. The zero-order chi connectivity index (χ0) is 16.2. The highest BCUT2D eigenvalue weighted by atomic mass is 35.5. The standard InChI is InChI=1S/C16H21N3O3.ClH/c1-3-16(17,4-2)10-18-14(20)11-7-8-12(19-15(11)21)13-6-5-9-22-13;/h5-9H,3-4,10,17H2,1-2H3,(H,18,20)(H,19,21);1H. The van der Waals surface area contributed by atoms with E-state index < -0.39 is 17.0 Å². The summed E-state index contributed by atoms with van der Waals surface area (Å²) in [6.45, 7) is 4.28. The van der Waals surface area contributed by atoms with Gasteiger partial charge in [0.2, 0.25) is 0 Å². The lowest BCUT2D eigenvalue weighted by atomic mass is 9.94. The first-order valence-corrected chi connectivity index (χ1v) is 7.33. The molecule has 0 aliphatic heterocycles. The van der Waals surface area contributed by atoms with E-state index in [2.05, 4.69) is 10.3 Å². The Kier molecular flexibility index (Phi) is 6.60. The number of amides is 1. The predicted molar refractivity (Wildman–Crippen MR) is 91.8 cm³/mol. The fourth-order valence-corrected chi connectivity index (χ4v) is 2.08. The average Bonchev–Trinajstić information content (AvgIpc) is 3.06. The predicted octanol–water partition coefficient (Wildman–Crippen LogP) is 2.30. The number of halogens is 1. The van der Waals surface area contributed by atoms with Crippen molar-refractivity contribution in [2.45, 2.75) is 32.2 Å². The Bertz CT molecular complexity index is 691. The topological polar surface area (TPSA) is 101 Å². The van der Waals surface area contributed by atoms with Crippen molar-refractivity contribution in [1.29, 1.82) is 0 Å². The van der Waals surface area contributed by atoms with Crippen molar-refractivity contribution in [3.05, 3.63) is 46.4 Å². The lowest BCUT2D eigenvalue weighted by molar-refractivity contribution is 0.0940. The molecule has 2 aromatic heterocycles. The maximum atomic E-state index is 12.1. The molecule has 7 heteroatoms. The van der Waals surface area contributed by atoms with Gasteiger partial charge in [-0.05, 0) is 37.1 Å². The second-order valence-corrected chi connectivity index (χ2v) is 5.34. The molecule has 126 valence electrons. The number of hydrogen-bond acceptors (Lipinski definition) is 4. The number of aromatic amines is 1. The third-order valence-electron chi connectivity index (χ3n) is 3.95. The van der Waals surface area contributed by atoms with Crippen LogP contribution in [0.2, 0.25) is 0 Å². The van der Waals surface area contributed by atoms with Crippen LogP contribution in [0.5, 0.6) is 0 Å². The van der Waals surface area contributed by atoms with Crippen LogP contribution < -0.4 is 16.6 Å². The molecule has 0 aromatic carbocycles. The Balaban J connectivity index is 0.00000264. The van der Waals surface area contributed by atoms with E-state index in [4.69, 9.17) is 10.2 Å². The minimum absolute atomic E-state index is 0. The summed E-state index contributed by atoms with van der Waals surface area (Å²) in [5.74, 6) is 0.117. The lowest BCUT2D eigenvalue weighted by Crippen LogP contribution is -2.49. The molecule has 0 saturated carbocycles. The van der Waals surface area contributed by atoms with Crippen LogP contribution in [0.4, 0.5) is 0 Å². The average molecular weight is 340 g/mol. The smallest absolute Gasteiger partial charge is 0.261 e. The fourth-order valence-electron chi connectivity index (χ4n) is 2.08. The molecule has 0 atom stereocenters. The summed E-state index contributed by atoms with van der Waals surface area (Å²) in [7, 11) is 0. The summed E-state index contributed by atoms with van der Waals surface area (Å²) in [6, 6.07) is 6.59. The van der Waals surface area contributed by atoms with Crippen molar-refractivity contribution >= 4 is 18.3 Å². The molecule has 0 fully saturated rings. The molecule has 23 heavy (non-hydrogen) atoms. The Morgan fingerprint density at radius 3 is 2.52 bits per heavy atom. The zero-order valence-corrected chi connectivity index (χ0v) is 14.0. The molecule has 1 amide bonds. The molecule has 6 nitrogen and oxygen atoms in total. The molecule has 0 spiro atoms. The van der Waals surface area contributed by atoms with Gasteiger partial charge in [-0.1, -0.05) is 13.8 Å². The van der Waals surface area contributed by atoms with Crippen LogP contribution in [0.15, 0.2) is 39.7 Å². The first kappa shape index (κ1) is 19.0. The molecule has 2 heterocycles. The summed E-state index contributed by atoms with van der Waals surface area (Å²) in [5.41, 5.74) is 5.82. The summed E-state index contributed by atoms with van der Waals surface area (Å²) in [6.07, 6.45) is 3.01. The number of rotatable bonds is 6. The van der Waals surface area contributed by atoms with Crippen molar-refractivity contribution in [2.24, 2.45) is 5.73 Å². The molecule has 2 rings (SSSR count). The molecule has 0 unspecified atom stereocenters. The van der Waals surface area contributed by atoms with Gasteiger partial charge in [0.1, 0.15) is 11.3 Å². The van der Waals surface area contributed by atoms with Gasteiger partial charge in [0, 0.05) is 12.1 Å². The number of H-pyrrole nitrogens is 1. The van der Waals surface area contributed by atoms with Crippen LogP contribution in [0.3, 0.4) is 0 Å². The van der Waals surface area contributed by atoms with Gasteiger partial charge in [0.25, 0.3) is 11.5 Å². The Morgan fingerprint density at radius 1 is 1.30 bits per heavy atom. The van der Waals surface area contributed by atoms with E-state index in [1.165, 1.54) is 12.3 Å². The van der Waals surface area contributed by atoms with Crippen LogP contribution in [-0.4, -0.2) is 23.0 Å². The van der Waals surface area contributed by atoms with E-state index in [-0.39, 0.29) is 18.0 Å². The van der Waals surface area contributed by atoms with Crippen LogP contribution in [0, 0.1) is 0 Å². The number of carbonyl (C=O) groups is 1. The highest BCUT2D eigenvalue weighted by Gasteiger charge is 2.22. The van der Waals surface area contributed by atoms with Gasteiger partial charge in [0.15, 0.2) is 0 Å². The molecule has 0 radical (unpaired) electrons. The minimum atomic E-state index is -0.456. The number of nitrogens with one attached hydrogen (secondary N) is 2. The van der Waals surface area contributed by atoms with Gasteiger partial charge in [-0.25, -0.2) is 0 Å². The van der Waals surface area contributed by atoms with E-state index >= 15 is 0 Å². The highest BCUT2D eigenvalue weighted by Crippen LogP contribution is 2.15. The fraction of sp³-hybridized carbons (Fsp3) is 0.375. The summed E-state index contributed by atoms with van der Waals surface area (Å²) in [5, 5.41) is 2.73. The van der Waals surface area contributed by atoms with Gasteiger partial charge < -0.3 is 20.5 Å². The lowest BCUT2D eigenvalue weighted by Gasteiger charge is -2.26. The molecule has 0 aliphatic rings. The minimum Gasteiger partial charge on any atom is -0.463 e. The Hall–Kier alpha value is -2.05. The molecule has 2 aromatic rings. The largest absolute Gasteiger partial charge is 0.463 e. The van der Waals surface area contributed by atoms with E-state index in [0.717, 1.165) is 12.8 Å². The summed E-state index contributed by atoms with van der Waals surface area (Å²) in [4.78, 5) is 26.8. The van der Waals surface area contributed by atoms with E-state index in [9.17, 15) is 9.59 Å². The number of carbonyl (C=O) groups excluding carboxylic acids is 1. The Morgan fingerprint density at radius 2 is 2.00 bits per heavy atom. The molecular formula is C16H22ClN3O3. The molecule has 4 N–H and O–H groups in total. The van der Waals surface area contributed by atoms with Crippen molar-refractivity contribution < 1.29 is 9.21 Å². The van der Waals surface area contributed by atoms with Gasteiger partial charge in [-0.2, -0.15) is 0 Å². The monoisotopic (exact) mass is 339 g/mol. The van der Waals surface area contributed by atoms with Gasteiger partial charge in [-0.3, -0.25) is 9.59 Å². The molecular weight excluding hydrogens is 318 g/mol. The van der Waals surface area contributed by atoms with Gasteiger partial charge in [0.05, 0.1) is 12.0 Å². The third kappa shape index (κ3) is 4.46. The van der Waals surface area contributed by atoms with Gasteiger partial charge >= 0.3 is 0 Å². The first-order valence-electron chi connectivity index (χ1n) is 7.33. The third-order valence-corrected chi connectivity index (χ3v) is 3.95. The zero-order valence-electron chi connectivity index (χ0n) is 13.2. The van der Waals surface area contributed by atoms with Crippen molar-refractivity contribution in [3.8, 4) is 11.5 Å². The molecule has 0 saturated heterocycles. The van der Waals surface area contributed by atoms with Crippen LogP contribution in [-0.2, 0) is 0 Å². The number of aromatic nitrogens is 1. The second kappa shape index (κ2) is 7.99. The SMILES string of the molecule is CCC(N)(CC)CNC(=O)c1ccc(-c2ccco2)[nH]c1=O.Cl. The summed E-state index contributed by atoms with van der Waals surface area (Å²) < 4.78 is 5.21. The Labute approximate surface area is 140 Å². The highest BCUT2D eigenvalue weighted by molar-refractivity contribution is 5.94. The van der Waals surface area contributed by atoms with E-state index in [1.54, 1.807) is 18.2 Å². The summed E-state index contributed by atoms with van der Waals surface area (Å²) >= 11 is 0. The van der Waals surface area contributed by atoms with Crippen molar-refractivity contribution in [2.75, 3.05) is 6.54 Å². The number of hydrogen-bond donors (Lipinski definition) is 3. The number of nitrogens with two attached hydrogens (primary N) is 1. The maximum Gasteiger partial charge on any atom is 0.261 e. The normalized spacial score (nSPS) is 10.9. The number of furan rings is 1. The number of pyridine rings is 1. The van der Waals surface area contributed by atoms with E-state index in [1.807, 2.05) is 13.8 Å². The van der Waals surface area contributed by atoms with Crippen LogP contribution >= 0.6 is 12.4 Å². The molecule has 0 bridgehead atoms. The van der Waals surface area contributed by atoms with Crippen molar-refractivity contribution in [1.82, 2.24) is 10.3 Å². The van der Waals surface area contributed by atoms with Crippen molar-refractivity contribution in [3.63, 3.8) is 0 Å². The van der Waals surface area contributed by atoms with Gasteiger partial charge in [-0.15, -0.1) is 12.4 Å². The van der Waals surface area contributed by atoms with Crippen LogP contribution in [0.25, 0.3) is 11.5 Å². The quantitative estimate of drug-likeness (QED) is 0.751.